The van der Waals surface area contributed by atoms with Gasteiger partial charge in [-0.05, 0) is 37.1 Å². The summed E-state index contributed by atoms with van der Waals surface area (Å²) < 4.78 is 5.28. The smallest absolute Gasteiger partial charge is 0.257 e. The molecule has 1 aliphatic carbocycles. The van der Waals surface area contributed by atoms with Crippen molar-refractivity contribution in [1.29, 1.82) is 0 Å². The molecule has 0 atom stereocenters. The molecule has 0 unspecified atom stereocenters. The van der Waals surface area contributed by atoms with Crippen molar-refractivity contribution in [2.24, 2.45) is 0 Å². The molecule has 3 aromatic rings. The zero-order chi connectivity index (χ0) is 16.5. The monoisotopic (exact) mass is 340 g/mol. The van der Waals surface area contributed by atoms with E-state index in [0.29, 0.717) is 34.0 Å². The SMILES string of the molecule is O=C(Nc1cccc(-c2noc(C3CC3)n2)c1)c1ccc(Cl)nc1. The first-order valence-corrected chi connectivity index (χ1v) is 7.94. The van der Waals surface area contributed by atoms with Crippen LogP contribution in [-0.2, 0) is 0 Å². The summed E-state index contributed by atoms with van der Waals surface area (Å²) in [5, 5.41) is 7.18. The van der Waals surface area contributed by atoms with E-state index in [-0.39, 0.29) is 5.91 Å². The number of nitrogens with one attached hydrogen (secondary N) is 1. The van der Waals surface area contributed by atoms with Gasteiger partial charge in [0, 0.05) is 23.4 Å². The number of carbonyl (C=O) groups is 1. The van der Waals surface area contributed by atoms with Crippen LogP contribution in [0, 0.1) is 0 Å². The van der Waals surface area contributed by atoms with Gasteiger partial charge in [0.15, 0.2) is 0 Å². The number of carbonyl (C=O) groups excluding carboxylic acids is 1. The maximum Gasteiger partial charge on any atom is 0.257 e. The van der Waals surface area contributed by atoms with Crippen LogP contribution in [0.5, 0.6) is 0 Å². The van der Waals surface area contributed by atoms with Crippen LogP contribution in [0.1, 0.15) is 35.0 Å². The number of hydrogen-bond acceptors (Lipinski definition) is 5. The van der Waals surface area contributed by atoms with Gasteiger partial charge in [-0.25, -0.2) is 4.98 Å². The molecular weight excluding hydrogens is 328 g/mol. The summed E-state index contributed by atoms with van der Waals surface area (Å²) in [5.74, 6) is 1.36. The van der Waals surface area contributed by atoms with Crippen LogP contribution in [0.3, 0.4) is 0 Å². The molecule has 1 aromatic carbocycles. The highest BCUT2D eigenvalue weighted by atomic mass is 35.5. The molecule has 4 rings (SSSR count). The number of hydrogen-bond donors (Lipinski definition) is 1. The van der Waals surface area contributed by atoms with Gasteiger partial charge >= 0.3 is 0 Å². The third-order valence-corrected chi connectivity index (χ3v) is 3.96. The molecule has 1 fully saturated rings. The van der Waals surface area contributed by atoms with E-state index in [4.69, 9.17) is 16.1 Å². The van der Waals surface area contributed by atoms with Gasteiger partial charge in [-0.2, -0.15) is 4.98 Å². The van der Waals surface area contributed by atoms with Gasteiger partial charge in [-0.3, -0.25) is 4.79 Å². The van der Waals surface area contributed by atoms with Crippen molar-refractivity contribution >= 4 is 23.2 Å². The highest BCUT2D eigenvalue weighted by Crippen LogP contribution is 2.39. The van der Waals surface area contributed by atoms with Crippen molar-refractivity contribution in [3.05, 3.63) is 59.2 Å². The number of aromatic nitrogens is 3. The maximum absolute atomic E-state index is 12.2. The van der Waals surface area contributed by atoms with Crippen molar-refractivity contribution in [1.82, 2.24) is 15.1 Å². The van der Waals surface area contributed by atoms with Gasteiger partial charge in [-0.15, -0.1) is 0 Å². The molecule has 1 aliphatic rings. The van der Waals surface area contributed by atoms with Gasteiger partial charge in [-0.1, -0.05) is 28.9 Å². The quantitative estimate of drug-likeness (QED) is 0.728. The largest absolute Gasteiger partial charge is 0.339 e. The van der Waals surface area contributed by atoms with Crippen molar-refractivity contribution in [3.8, 4) is 11.4 Å². The lowest BCUT2D eigenvalue weighted by Crippen LogP contribution is -2.12. The Morgan fingerprint density at radius 1 is 1.25 bits per heavy atom. The second-order valence-electron chi connectivity index (χ2n) is 5.64. The lowest BCUT2D eigenvalue weighted by Gasteiger charge is -2.06. The van der Waals surface area contributed by atoms with Crippen LogP contribution < -0.4 is 5.32 Å². The molecule has 2 heterocycles. The van der Waals surface area contributed by atoms with Crippen LogP contribution in [0.4, 0.5) is 5.69 Å². The Morgan fingerprint density at radius 2 is 2.12 bits per heavy atom. The first-order chi connectivity index (χ1) is 11.7. The number of rotatable bonds is 4. The zero-order valence-corrected chi connectivity index (χ0v) is 13.3. The van der Waals surface area contributed by atoms with Crippen LogP contribution in [0.25, 0.3) is 11.4 Å². The number of anilines is 1. The summed E-state index contributed by atoms with van der Waals surface area (Å²) in [4.78, 5) is 20.6. The maximum atomic E-state index is 12.2. The lowest BCUT2D eigenvalue weighted by atomic mass is 10.2. The highest BCUT2D eigenvalue weighted by molar-refractivity contribution is 6.29. The molecule has 1 saturated carbocycles. The van der Waals surface area contributed by atoms with E-state index in [9.17, 15) is 4.79 Å². The molecule has 0 saturated heterocycles. The summed E-state index contributed by atoms with van der Waals surface area (Å²) in [7, 11) is 0. The third kappa shape index (κ3) is 3.14. The molecule has 6 nitrogen and oxygen atoms in total. The normalized spacial score (nSPS) is 13.7. The van der Waals surface area contributed by atoms with Crippen molar-refractivity contribution in [2.45, 2.75) is 18.8 Å². The van der Waals surface area contributed by atoms with E-state index in [2.05, 4.69) is 20.4 Å². The minimum absolute atomic E-state index is 0.261. The molecule has 0 spiro atoms. The molecule has 0 bridgehead atoms. The standard InChI is InChI=1S/C17H13ClN4O2/c18-14-7-6-12(9-19-14)16(23)20-13-3-1-2-11(8-13)15-21-17(24-22-15)10-4-5-10/h1-3,6-10H,4-5H2,(H,20,23). The van der Waals surface area contributed by atoms with E-state index in [1.165, 1.54) is 6.20 Å². The summed E-state index contributed by atoms with van der Waals surface area (Å²) >= 11 is 5.73. The number of benzene rings is 1. The number of amides is 1. The fourth-order valence-corrected chi connectivity index (χ4v) is 2.41. The average Bonchev–Trinajstić information content (AvgIpc) is 3.33. The number of nitrogens with zero attached hydrogens (tertiary/aromatic N) is 3. The summed E-state index contributed by atoms with van der Waals surface area (Å²) in [6.45, 7) is 0. The topological polar surface area (TPSA) is 80.9 Å². The van der Waals surface area contributed by atoms with Crippen LogP contribution >= 0.6 is 11.6 Å². The second kappa shape index (κ2) is 6.05. The van der Waals surface area contributed by atoms with Crippen molar-refractivity contribution < 1.29 is 9.32 Å². The van der Waals surface area contributed by atoms with E-state index >= 15 is 0 Å². The fraction of sp³-hybridized carbons (Fsp3) is 0.176. The molecule has 120 valence electrons. The van der Waals surface area contributed by atoms with Crippen LogP contribution in [-0.4, -0.2) is 21.0 Å². The Balaban J connectivity index is 1.53. The molecule has 0 aliphatic heterocycles. The van der Waals surface area contributed by atoms with E-state index < -0.39 is 0 Å². The summed E-state index contributed by atoms with van der Waals surface area (Å²) in [6, 6.07) is 10.5. The first kappa shape index (κ1) is 14.8. The van der Waals surface area contributed by atoms with E-state index in [0.717, 1.165) is 18.4 Å². The fourth-order valence-electron chi connectivity index (χ4n) is 2.30. The van der Waals surface area contributed by atoms with Crippen molar-refractivity contribution in [2.75, 3.05) is 5.32 Å². The molecule has 24 heavy (non-hydrogen) atoms. The van der Waals surface area contributed by atoms with Gasteiger partial charge < -0.3 is 9.84 Å². The Hall–Kier alpha value is -2.73. The molecule has 2 aromatic heterocycles. The minimum Gasteiger partial charge on any atom is -0.339 e. The van der Waals surface area contributed by atoms with Gasteiger partial charge in [0.05, 0.1) is 5.56 Å². The highest BCUT2D eigenvalue weighted by Gasteiger charge is 2.29. The van der Waals surface area contributed by atoms with Gasteiger partial charge in [0.1, 0.15) is 5.15 Å². The zero-order valence-electron chi connectivity index (χ0n) is 12.6. The van der Waals surface area contributed by atoms with Gasteiger partial charge in [0.2, 0.25) is 11.7 Å². The molecule has 1 amide bonds. The first-order valence-electron chi connectivity index (χ1n) is 7.56. The lowest BCUT2D eigenvalue weighted by molar-refractivity contribution is 0.102. The van der Waals surface area contributed by atoms with E-state index in [1.807, 2.05) is 18.2 Å². The molecule has 0 radical (unpaired) electrons. The van der Waals surface area contributed by atoms with Gasteiger partial charge in [0.25, 0.3) is 5.91 Å². The van der Waals surface area contributed by atoms with Crippen molar-refractivity contribution in [3.63, 3.8) is 0 Å². The van der Waals surface area contributed by atoms with Crippen LogP contribution in [0.2, 0.25) is 5.15 Å². The molecular formula is C17H13ClN4O2. The summed E-state index contributed by atoms with van der Waals surface area (Å²) in [5.41, 5.74) is 1.86. The average molecular weight is 341 g/mol. The molecule has 1 N–H and O–H groups in total. The Morgan fingerprint density at radius 3 is 2.88 bits per heavy atom. The number of pyridine rings is 1. The molecule has 7 heteroatoms. The summed E-state index contributed by atoms with van der Waals surface area (Å²) in [6.07, 6.45) is 3.64. The van der Waals surface area contributed by atoms with Crippen LogP contribution in [0.15, 0.2) is 47.1 Å². The Labute approximate surface area is 142 Å². The van der Waals surface area contributed by atoms with E-state index in [1.54, 1.807) is 18.2 Å². The predicted molar refractivity (Wildman–Crippen MR) is 88.9 cm³/mol. The predicted octanol–water partition coefficient (Wildman–Crippen LogP) is 3.91. The Kier molecular flexibility index (Phi) is 3.74. The second-order valence-corrected chi connectivity index (χ2v) is 6.02. The minimum atomic E-state index is -0.261. The third-order valence-electron chi connectivity index (χ3n) is 3.74. The Bertz CT molecular complexity index is 888. The number of halogens is 1.